The SMILES string of the molecule is COC(=O)CCCCCNC(=O)c1cc([N+](=O)[O-])c[nH]1. The van der Waals surface area contributed by atoms with E-state index in [-0.39, 0.29) is 23.3 Å². The average molecular weight is 283 g/mol. The largest absolute Gasteiger partial charge is 0.469 e. The Morgan fingerprint density at radius 1 is 1.40 bits per heavy atom. The van der Waals surface area contributed by atoms with Crippen molar-refractivity contribution in [3.63, 3.8) is 0 Å². The van der Waals surface area contributed by atoms with Crippen molar-refractivity contribution in [1.29, 1.82) is 0 Å². The molecule has 0 aliphatic carbocycles. The second-order valence-electron chi connectivity index (χ2n) is 4.17. The molecule has 0 radical (unpaired) electrons. The summed E-state index contributed by atoms with van der Waals surface area (Å²) in [5.41, 5.74) is 0.0134. The number of amides is 1. The zero-order valence-corrected chi connectivity index (χ0v) is 11.2. The molecule has 0 aliphatic heterocycles. The van der Waals surface area contributed by atoms with Crippen LogP contribution < -0.4 is 5.32 Å². The Labute approximate surface area is 115 Å². The molecule has 8 nitrogen and oxygen atoms in total. The number of aromatic amines is 1. The minimum Gasteiger partial charge on any atom is -0.469 e. The van der Waals surface area contributed by atoms with Crippen LogP contribution in [-0.2, 0) is 9.53 Å². The predicted molar refractivity (Wildman–Crippen MR) is 70.3 cm³/mol. The fourth-order valence-electron chi connectivity index (χ4n) is 1.59. The molecule has 0 unspecified atom stereocenters. The second-order valence-corrected chi connectivity index (χ2v) is 4.17. The van der Waals surface area contributed by atoms with Gasteiger partial charge in [-0.1, -0.05) is 6.42 Å². The molecule has 0 saturated heterocycles. The molecule has 0 aliphatic rings. The summed E-state index contributed by atoms with van der Waals surface area (Å²) in [5.74, 6) is -0.626. The van der Waals surface area contributed by atoms with Crippen LogP contribution in [-0.4, -0.2) is 35.4 Å². The first-order valence-corrected chi connectivity index (χ1v) is 6.22. The molecule has 0 fully saturated rings. The van der Waals surface area contributed by atoms with Gasteiger partial charge in [0.25, 0.3) is 11.6 Å². The third kappa shape index (κ3) is 5.09. The average Bonchev–Trinajstić information content (AvgIpc) is 2.92. The normalized spacial score (nSPS) is 10.1. The van der Waals surface area contributed by atoms with Gasteiger partial charge in [-0.05, 0) is 12.8 Å². The molecule has 1 heterocycles. The van der Waals surface area contributed by atoms with Gasteiger partial charge in [-0.2, -0.15) is 0 Å². The highest BCUT2D eigenvalue weighted by Gasteiger charge is 2.13. The molecular weight excluding hydrogens is 266 g/mol. The number of hydrogen-bond donors (Lipinski definition) is 2. The molecular formula is C12H17N3O5. The number of methoxy groups -OCH3 is 1. The van der Waals surface area contributed by atoms with E-state index in [9.17, 15) is 19.7 Å². The van der Waals surface area contributed by atoms with Crippen LogP contribution in [0.15, 0.2) is 12.3 Å². The summed E-state index contributed by atoms with van der Waals surface area (Å²) in [4.78, 5) is 34.9. The number of carbonyl (C=O) groups excluding carboxylic acids is 2. The first kappa shape index (κ1) is 15.7. The van der Waals surface area contributed by atoms with E-state index in [4.69, 9.17) is 0 Å². The van der Waals surface area contributed by atoms with E-state index in [2.05, 4.69) is 15.0 Å². The van der Waals surface area contributed by atoms with Crippen molar-refractivity contribution in [1.82, 2.24) is 10.3 Å². The van der Waals surface area contributed by atoms with Gasteiger partial charge in [-0.25, -0.2) is 0 Å². The lowest BCUT2D eigenvalue weighted by molar-refractivity contribution is -0.384. The third-order valence-electron chi connectivity index (χ3n) is 2.69. The zero-order chi connectivity index (χ0) is 15.0. The number of ether oxygens (including phenoxy) is 1. The maximum atomic E-state index is 11.6. The Kier molecular flexibility index (Phi) is 6.21. The fraction of sp³-hybridized carbons (Fsp3) is 0.500. The van der Waals surface area contributed by atoms with Crippen molar-refractivity contribution in [2.24, 2.45) is 0 Å². The van der Waals surface area contributed by atoms with Gasteiger partial charge in [-0.15, -0.1) is 0 Å². The summed E-state index contributed by atoms with van der Waals surface area (Å²) < 4.78 is 4.51. The molecule has 110 valence electrons. The molecule has 1 aromatic rings. The van der Waals surface area contributed by atoms with E-state index in [1.54, 1.807) is 0 Å². The molecule has 1 amide bonds. The van der Waals surface area contributed by atoms with Gasteiger partial charge in [0, 0.05) is 19.0 Å². The van der Waals surface area contributed by atoms with Gasteiger partial charge in [0.15, 0.2) is 0 Å². The van der Waals surface area contributed by atoms with Crippen LogP contribution in [0, 0.1) is 10.1 Å². The van der Waals surface area contributed by atoms with E-state index < -0.39 is 4.92 Å². The molecule has 20 heavy (non-hydrogen) atoms. The highest BCUT2D eigenvalue weighted by Crippen LogP contribution is 2.11. The van der Waals surface area contributed by atoms with Crippen molar-refractivity contribution in [3.8, 4) is 0 Å². The van der Waals surface area contributed by atoms with Crippen molar-refractivity contribution in [2.75, 3.05) is 13.7 Å². The first-order valence-electron chi connectivity index (χ1n) is 6.22. The summed E-state index contributed by atoms with van der Waals surface area (Å²) in [7, 11) is 1.35. The number of unbranched alkanes of at least 4 members (excludes halogenated alkanes) is 2. The molecule has 0 saturated carbocycles. The molecule has 1 aromatic heterocycles. The van der Waals surface area contributed by atoms with E-state index in [1.807, 2.05) is 0 Å². The van der Waals surface area contributed by atoms with Gasteiger partial charge in [0.2, 0.25) is 0 Å². The number of nitro groups is 1. The smallest absolute Gasteiger partial charge is 0.305 e. The minimum absolute atomic E-state index is 0.145. The number of carbonyl (C=O) groups is 2. The second kappa shape index (κ2) is 7.93. The van der Waals surface area contributed by atoms with Crippen molar-refractivity contribution >= 4 is 17.6 Å². The number of nitrogens with one attached hydrogen (secondary N) is 2. The number of H-pyrrole nitrogens is 1. The lowest BCUT2D eigenvalue weighted by Gasteiger charge is -2.03. The maximum absolute atomic E-state index is 11.6. The number of aromatic nitrogens is 1. The van der Waals surface area contributed by atoms with Crippen LogP contribution in [0.4, 0.5) is 5.69 Å². The van der Waals surface area contributed by atoms with E-state index in [0.717, 1.165) is 12.8 Å². The van der Waals surface area contributed by atoms with Crippen molar-refractivity contribution in [2.45, 2.75) is 25.7 Å². The summed E-state index contributed by atoms with van der Waals surface area (Å²) in [6, 6.07) is 1.19. The monoisotopic (exact) mass is 283 g/mol. The Balaban J connectivity index is 2.19. The van der Waals surface area contributed by atoms with E-state index >= 15 is 0 Å². The number of rotatable bonds is 8. The van der Waals surface area contributed by atoms with Gasteiger partial charge in [-0.3, -0.25) is 19.7 Å². The molecule has 0 spiro atoms. The van der Waals surface area contributed by atoms with Crippen molar-refractivity contribution < 1.29 is 19.2 Å². The Morgan fingerprint density at radius 2 is 2.15 bits per heavy atom. The molecule has 0 aromatic carbocycles. The summed E-state index contributed by atoms with van der Waals surface area (Å²) in [6.45, 7) is 0.451. The number of nitrogens with zero attached hydrogens (tertiary/aromatic N) is 1. The summed E-state index contributed by atoms with van der Waals surface area (Å²) in [6.07, 6.45) is 3.76. The van der Waals surface area contributed by atoms with E-state index in [0.29, 0.717) is 19.4 Å². The Bertz CT molecular complexity index is 483. The lowest BCUT2D eigenvalue weighted by Crippen LogP contribution is -2.24. The van der Waals surface area contributed by atoms with Gasteiger partial charge in [0.1, 0.15) is 5.69 Å². The van der Waals surface area contributed by atoms with Gasteiger partial charge < -0.3 is 15.0 Å². The third-order valence-corrected chi connectivity index (χ3v) is 2.69. The van der Waals surface area contributed by atoms with Crippen molar-refractivity contribution in [3.05, 3.63) is 28.1 Å². The highest BCUT2D eigenvalue weighted by atomic mass is 16.6. The molecule has 0 atom stereocenters. The maximum Gasteiger partial charge on any atom is 0.305 e. The highest BCUT2D eigenvalue weighted by molar-refractivity contribution is 5.93. The van der Waals surface area contributed by atoms with Crippen LogP contribution in [0.5, 0.6) is 0 Å². The number of hydrogen-bond acceptors (Lipinski definition) is 5. The van der Waals surface area contributed by atoms with Crippen LogP contribution in [0.3, 0.4) is 0 Å². The van der Waals surface area contributed by atoms with Gasteiger partial charge >= 0.3 is 5.97 Å². The quantitative estimate of drug-likeness (QED) is 0.324. The molecule has 2 N–H and O–H groups in total. The Hall–Kier alpha value is -2.38. The van der Waals surface area contributed by atoms with E-state index in [1.165, 1.54) is 19.4 Å². The summed E-state index contributed by atoms with van der Waals surface area (Å²) >= 11 is 0. The Morgan fingerprint density at radius 3 is 2.75 bits per heavy atom. The lowest BCUT2D eigenvalue weighted by atomic mass is 10.2. The van der Waals surface area contributed by atoms with Gasteiger partial charge in [0.05, 0.1) is 18.2 Å². The summed E-state index contributed by atoms with van der Waals surface area (Å²) in [5, 5.41) is 13.1. The molecule has 1 rings (SSSR count). The zero-order valence-electron chi connectivity index (χ0n) is 11.2. The predicted octanol–water partition coefficient (Wildman–Crippen LogP) is 1.39. The van der Waals surface area contributed by atoms with Crippen LogP contribution >= 0.6 is 0 Å². The minimum atomic E-state index is -0.569. The molecule has 8 heteroatoms. The van der Waals surface area contributed by atoms with Crippen LogP contribution in [0.2, 0.25) is 0 Å². The topological polar surface area (TPSA) is 114 Å². The fourth-order valence-corrected chi connectivity index (χ4v) is 1.59. The van der Waals surface area contributed by atoms with Crippen LogP contribution in [0.1, 0.15) is 36.2 Å². The standard InChI is InChI=1S/C12H17N3O5/c1-20-11(16)5-3-2-4-6-13-12(17)10-7-9(8-14-10)15(18)19/h7-8,14H,2-6H2,1H3,(H,13,17). The first-order chi connectivity index (χ1) is 9.54. The molecule has 0 bridgehead atoms. The number of esters is 1. The van der Waals surface area contributed by atoms with Crippen LogP contribution in [0.25, 0.3) is 0 Å².